The predicted molar refractivity (Wildman–Crippen MR) is 125 cm³/mol. The molecule has 2 aliphatic rings. The van der Waals surface area contributed by atoms with Crippen LogP contribution in [0.1, 0.15) is 37.3 Å². The van der Waals surface area contributed by atoms with Gasteiger partial charge in [0.25, 0.3) is 0 Å². The molecule has 34 heavy (non-hydrogen) atoms. The number of hydrogen-bond donors (Lipinski definition) is 3. The Balaban J connectivity index is 1.32. The highest BCUT2D eigenvalue weighted by atomic mass is 16.5. The van der Waals surface area contributed by atoms with Crippen molar-refractivity contribution in [2.24, 2.45) is 11.8 Å². The van der Waals surface area contributed by atoms with Crippen LogP contribution in [0.25, 0.3) is 11.1 Å². The van der Waals surface area contributed by atoms with E-state index in [1.54, 1.807) is 0 Å². The second-order valence-electron chi connectivity index (χ2n) is 9.16. The zero-order valence-electron chi connectivity index (χ0n) is 19.3. The lowest BCUT2D eigenvalue weighted by Crippen LogP contribution is -2.51. The maximum absolute atomic E-state index is 12.7. The minimum atomic E-state index is -0.897. The van der Waals surface area contributed by atoms with Gasteiger partial charge in [-0.2, -0.15) is 0 Å². The van der Waals surface area contributed by atoms with Crippen molar-refractivity contribution in [2.75, 3.05) is 19.8 Å². The van der Waals surface area contributed by atoms with Crippen LogP contribution in [-0.2, 0) is 19.1 Å². The van der Waals surface area contributed by atoms with Gasteiger partial charge in [0.15, 0.2) is 0 Å². The Morgan fingerprint density at radius 3 is 2.24 bits per heavy atom. The molecule has 1 saturated heterocycles. The first-order valence-corrected chi connectivity index (χ1v) is 11.6. The van der Waals surface area contributed by atoms with Gasteiger partial charge < -0.3 is 25.2 Å². The molecule has 1 aliphatic carbocycles. The van der Waals surface area contributed by atoms with Gasteiger partial charge >= 0.3 is 12.1 Å². The van der Waals surface area contributed by atoms with E-state index < -0.39 is 24.0 Å². The molecule has 1 heterocycles. The molecule has 3 unspecified atom stereocenters. The van der Waals surface area contributed by atoms with E-state index in [1.165, 1.54) is 0 Å². The van der Waals surface area contributed by atoms with Gasteiger partial charge in [-0.1, -0.05) is 62.4 Å². The molecule has 8 nitrogen and oxygen atoms in total. The van der Waals surface area contributed by atoms with Gasteiger partial charge in [0.05, 0.1) is 18.6 Å². The first kappa shape index (κ1) is 23.8. The van der Waals surface area contributed by atoms with Gasteiger partial charge in [-0.05, 0) is 34.6 Å². The highest BCUT2D eigenvalue weighted by molar-refractivity contribution is 5.86. The summed E-state index contributed by atoms with van der Waals surface area (Å²) in [6, 6.07) is 15.4. The number of hydrogen-bond acceptors (Lipinski definition) is 5. The van der Waals surface area contributed by atoms with Gasteiger partial charge in [-0.15, -0.1) is 0 Å². The Hall–Kier alpha value is -3.39. The molecule has 1 aliphatic heterocycles. The lowest BCUT2D eigenvalue weighted by molar-refractivity contribution is -0.141. The van der Waals surface area contributed by atoms with Gasteiger partial charge in [-0.3, -0.25) is 9.59 Å². The molecule has 0 bridgehead atoms. The average molecular weight is 467 g/mol. The van der Waals surface area contributed by atoms with Crippen molar-refractivity contribution in [1.82, 2.24) is 10.6 Å². The number of carboxylic acids is 1. The van der Waals surface area contributed by atoms with Gasteiger partial charge in [0.1, 0.15) is 12.6 Å². The van der Waals surface area contributed by atoms with Crippen LogP contribution < -0.4 is 10.6 Å². The number of fused-ring (bicyclic) bond motifs is 3. The molecule has 0 saturated carbocycles. The van der Waals surface area contributed by atoms with Crippen LogP contribution >= 0.6 is 0 Å². The summed E-state index contributed by atoms with van der Waals surface area (Å²) in [5, 5.41) is 14.5. The summed E-state index contributed by atoms with van der Waals surface area (Å²) in [5.41, 5.74) is 4.52. The number of rotatable bonds is 8. The van der Waals surface area contributed by atoms with E-state index in [-0.39, 0.29) is 43.6 Å². The number of nitrogens with one attached hydrogen (secondary N) is 2. The summed E-state index contributed by atoms with van der Waals surface area (Å²) >= 11 is 0. The fourth-order valence-corrected chi connectivity index (χ4v) is 4.65. The highest BCUT2D eigenvalue weighted by Crippen LogP contribution is 2.44. The molecule has 8 heteroatoms. The molecule has 180 valence electrons. The number of aliphatic carboxylic acids is 1. The van der Waals surface area contributed by atoms with Crippen LogP contribution in [0.2, 0.25) is 0 Å². The third-order valence-corrected chi connectivity index (χ3v) is 6.50. The Bertz CT molecular complexity index is 1020. The van der Waals surface area contributed by atoms with Crippen molar-refractivity contribution < 1.29 is 29.0 Å². The maximum Gasteiger partial charge on any atom is 0.407 e. The lowest BCUT2D eigenvalue weighted by Gasteiger charge is -2.23. The SMILES string of the molecule is CC(C)C(NC(=O)OCC1c2ccccc2-c2ccccc21)C(=O)NCC1CC(C(=O)O)CO1. The topological polar surface area (TPSA) is 114 Å². The molecule has 2 aromatic carbocycles. The first-order valence-electron chi connectivity index (χ1n) is 11.6. The summed E-state index contributed by atoms with van der Waals surface area (Å²) in [6.07, 6.45) is -0.659. The van der Waals surface area contributed by atoms with Gasteiger partial charge in [0.2, 0.25) is 5.91 Å². The minimum absolute atomic E-state index is 0.0637. The number of carboxylic acid groups (broad SMARTS) is 1. The van der Waals surface area contributed by atoms with Crippen molar-refractivity contribution in [2.45, 2.75) is 38.3 Å². The summed E-state index contributed by atoms with van der Waals surface area (Å²) < 4.78 is 11.0. The Morgan fingerprint density at radius 2 is 1.68 bits per heavy atom. The normalized spacial score (nSPS) is 19.9. The average Bonchev–Trinajstić information content (AvgIpc) is 3.43. The van der Waals surface area contributed by atoms with E-state index in [0.717, 1.165) is 22.3 Å². The standard InChI is InChI=1S/C26H30N2O6/c1-15(2)23(24(29)27-12-17-11-16(13-33-17)25(30)31)28-26(32)34-14-22-20-9-5-3-7-18(20)19-8-4-6-10-21(19)22/h3-10,15-17,22-23H,11-14H2,1-2H3,(H,27,29)(H,28,32)(H,30,31). The monoisotopic (exact) mass is 466 g/mol. The zero-order valence-corrected chi connectivity index (χ0v) is 19.3. The molecule has 0 spiro atoms. The van der Waals surface area contributed by atoms with E-state index in [4.69, 9.17) is 14.6 Å². The van der Waals surface area contributed by atoms with Crippen molar-refractivity contribution in [3.63, 3.8) is 0 Å². The van der Waals surface area contributed by atoms with Crippen LogP contribution in [0.15, 0.2) is 48.5 Å². The fraction of sp³-hybridized carbons (Fsp3) is 0.423. The number of alkyl carbamates (subject to hydrolysis) is 1. The Labute approximate surface area is 198 Å². The smallest absolute Gasteiger partial charge is 0.407 e. The van der Waals surface area contributed by atoms with Crippen LogP contribution in [0.3, 0.4) is 0 Å². The molecule has 3 atom stereocenters. The quantitative estimate of drug-likeness (QED) is 0.551. The molecular weight excluding hydrogens is 436 g/mol. The fourth-order valence-electron chi connectivity index (χ4n) is 4.65. The summed E-state index contributed by atoms with van der Waals surface area (Å²) in [6.45, 7) is 4.17. The molecule has 2 aromatic rings. The second kappa shape index (κ2) is 10.3. The third kappa shape index (κ3) is 5.07. The summed E-state index contributed by atoms with van der Waals surface area (Å²) in [5.74, 6) is -2.04. The summed E-state index contributed by atoms with van der Waals surface area (Å²) in [4.78, 5) is 36.4. The second-order valence-corrected chi connectivity index (χ2v) is 9.16. The molecule has 3 N–H and O–H groups in total. The van der Waals surface area contributed by atoms with E-state index in [1.807, 2.05) is 50.2 Å². The van der Waals surface area contributed by atoms with Crippen LogP contribution in [-0.4, -0.2) is 55.0 Å². The van der Waals surface area contributed by atoms with Crippen molar-refractivity contribution in [3.05, 3.63) is 59.7 Å². The first-order chi connectivity index (χ1) is 16.3. The molecule has 0 aromatic heterocycles. The number of ether oxygens (including phenoxy) is 2. The minimum Gasteiger partial charge on any atom is -0.481 e. The Morgan fingerprint density at radius 1 is 1.06 bits per heavy atom. The molecular formula is C26H30N2O6. The maximum atomic E-state index is 12.7. The lowest BCUT2D eigenvalue weighted by atomic mass is 9.98. The largest absolute Gasteiger partial charge is 0.481 e. The predicted octanol–water partition coefficient (Wildman–Crippen LogP) is 3.16. The van der Waals surface area contributed by atoms with Crippen LogP contribution in [0.4, 0.5) is 4.79 Å². The van der Waals surface area contributed by atoms with E-state index in [9.17, 15) is 14.4 Å². The van der Waals surface area contributed by atoms with E-state index in [2.05, 4.69) is 22.8 Å². The van der Waals surface area contributed by atoms with Crippen LogP contribution in [0.5, 0.6) is 0 Å². The highest BCUT2D eigenvalue weighted by Gasteiger charge is 2.33. The van der Waals surface area contributed by atoms with Crippen molar-refractivity contribution >= 4 is 18.0 Å². The van der Waals surface area contributed by atoms with Crippen molar-refractivity contribution in [1.29, 1.82) is 0 Å². The number of amides is 2. The number of carbonyl (C=O) groups excluding carboxylic acids is 2. The zero-order chi connectivity index (χ0) is 24.2. The molecule has 4 rings (SSSR count). The van der Waals surface area contributed by atoms with Gasteiger partial charge in [-0.25, -0.2) is 4.79 Å². The van der Waals surface area contributed by atoms with E-state index in [0.29, 0.717) is 6.42 Å². The van der Waals surface area contributed by atoms with E-state index >= 15 is 0 Å². The Kier molecular flexibility index (Phi) is 7.17. The molecule has 2 amide bonds. The van der Waals surface area contributed by atoms with Crippen molar-refractivity contribution in [3.8, 4) is 11.1 Å². The number of benzene rings is 2. The third-order valence-electron chi connectivity index (χ3n) is 6.50. The number of carbonyl (C=O) groups is 3. The molecule has 0 radical (unpaired) electrons. The summed E-state index contributed by atoms with van der Waals surface area (Å²) in [7, 11) is 0. The molecule has 1 fully saturated rings. The van der Waals surface area contributed by atoms with Crippen LogP contribution in [0, 0.1) is 11.8 Å². The van der Waals surface area contributed by atoms with Gasteiger partial charge in [0, 0.05) is 12.5 Å².